The molecule has 1 aliphatic rings. The number of nitrogens with one attached hydrogen (secondary N) is 1. The molecule has 1 atom stereocenters. The van der Waals surface area contributed by atoms with Crippen LogP contribution in [0.2, 0.25) is 0 Å². The highest BCUT2D eigenvalue weighted by atomic mass is 16.5. The fourth-order valence-corrected chi connectivity index (χ4v) is 3.54. The summed E-state index contributed by atoms with van der Waals surface area (Å²) >= 11 is 0. The van der Waals surface area contributed by atoms with E-state index >= 15 is 0 Å². The van der Waals surface area contributed by atoms with Gasteiger partial charge < -0.3 is 24.3 Å². The molecule has 29 heavy (non-hydrogen) atoms. The van der Waals surface area contributed by atoms with Crippen LogP contribution in [0.4, 0.5) is 5.82 Å². The smallest absolute Gasteiger partial charge is 0.271 e. The van der Waals surface area contributed by atoms with Gasteiger partial charge in [0.15, 0.2) is 11.5 Å². The van der Waals surface area contributed by atoms with Crippen LogP contribution >= 0.6 is 0 Å². The lowest BCUT2D eigenvalue weighted by Gasteiger charge is -2.29. The zero-order valence-corrected chi connectivity index (χ0v) is 16.5. The van der Waals surface area contributed by atoms with Gasteiger partial charge in [0, 0.05) is 20.2 Å². The molecule has 7 heteroatoms. The minimum absolute atomic E-state index is 0.149. The van der Waals surface area contributed by atoms with Crippen LogP contribution in [0.5, 0.6) is 5.75 Å². The molecule has 150 valence electrons. The van der Waals surface area contributed by atoms with Crippen molar-refractivity contribution >= 4 is 11.7 Å². The van der Waals surface area contributed by atoms with Gasteiger partial charge in [-0.1, -0.05) is 42.5 Å². The molecule has 0 saturated carbocycles. The number of rotatable bonds is 6. The van der Waals surface area contributed by atoms with E-state index < -0.39 is 0 Å². The van der Waals surface area contributed by atoms with E-state index in [1.54, 1.807) is 20.5 Å². The first-order chi connectivity index (χ1) is 14.2. The van der Waals surface area contributed by atoms with E-state index in [-0.39, 0.29) is 12.1 Å². The molecule has 1 unspecified atom stereocenters. The maximum absolute atomic E-state index is 12.9. The summed E-state index contributed by atoms with van der Waals surface area (Å²) in [6.07, 6.45) is 1.41. The number of aromatic nitrogens is 2. The molecule has 1 aromatic heterocycles. The van der Waals surface area contributed by atoms with Gasteiger partial charge in [-0.3, -0.25) is 4.79 Å². The van der Waals surface area contributed by atoms with Gasteiger partial charge in [0.25, 0.3) is 5.91 Å². The van der Waals surface area contributed by atoms with Crippen LogP contribution in [0, 0.1) is 0 Å². The molecule has 0 spiro atoms. The average Bonchev–Trinajstić information content (AvgIpc) is 3.12. The van der Waals surface area contributed by atoms with Crippen molar-refractivity contribution in [2.45, 2.75) is 19.3 Å². The Morgan fingerprint density at radius 2 is 1.76 bits per heavy atom. The van der Waals surface area contributed by atoms with E-state index in [1.165, 1.54) is 0 Å². The number of imidazole rings is 1. The van der Waals surface area contributed by atoms with Gasteiger partial charge in [0.2, 0.25) is 0 Å². The van der Waals surface area contributed by atoms with E-state index in [9.17, 15) is 4.79 Å². The topological polar surface area (TPSA) is 68.6 Å². The van der Waals surface area contributed by atoms with Gasteiger partial charge in [0.1, 0.15) is 12.0 Å². The molecule has 0 fully saturated rings. The Morgan fingerprint density at radius 1 is 1.03 bits per heavy atom. The number of carbonyl (C=O) groups excluding carboxylic acids is 1. The zero-order chi connectivity index (χ0) is 20.2. The lowest BCUT2D eigenvalue weighted by Crippen LogP contribution is -2.42. The first-order valence-electron chi connectivity index (χ1n) is 9.49. The number of nitrogens with zero attached hydrogens (tertiary/aromatic N) is 3. The van der Waals surface area contributed by atoms with Crippen molar-refractivity contribution in [3.63, 3.8) is 0 Å². The summed E-state index contributed by atoms with van der Waals surface area (Å²) < 4.78 is 12.8. The number of carbonyl (C=O) groups is 1. The van der Waals surface area contributed by atoms with Gasteiger partial charge in [-0.25, -0.2) is 4.98 Å². The molecule has 0 aliphatic carbocycles. The summed E-state index contributed by atoms with van der Waals surface area (Å²) in [5, 5.41) is 2.96. The van der Waals surface area contributed by atoms with Crippen LogP contribution in [0.25, 0.3) is 0 Å². The predicted molar refractivity (Wildman–Crippen MR) is 110 cm³/mol. The Bertz CT molecular complexity index is 969. The monoisotopic (exact) mass is 392 g/mol. The fourth-order valence-electron chi connectivity index (χ4n) is 3.54. The van der Waals surface area contributed by atoms with Crippen molar-refractivity contribution in [3.05, 3.63) is 77.7 Å². The third kappa shape index (κ3) is 3.95. The van der Waals surface area contributed by atoms with Crippen molar-refractivity contribution < 1.29 is 14.3 Å². The Balaban J connectivity index is 1.68. The summed E-state index contributed by atoms with van der Waals surface area (Å²) in [7, 11) is 3.29. The maximum atomic E-state index is 12.9. The molecule has 2 aromatic carbocycles. The number of hydrogen-bond donors (Lipinski definition) is 1. The average molecular weight is 392 g/mol. The number of anilines is 1. The van der Waals surface area contributed by atoms with Crippen molar-refractivity contribution in [2.24, 2.45) is 0 Å². The van der Waals surface area contributed by atoms with Gasteiger partial charge in [0.05, 0.1) is 20.0 Å². The first kappa shape index (κ1) is 19.0. The SMILES string of the molecule is COc1ccc(Cn2cnc3c2C(=O)NCC(OC)N3Cc2ccccc2)cc1. The van der Waals surface area contributed by atoms with Gasteiger partial charge in [-0.15, -0.1) is 0 Å². The number of hydrogen-bond acceptors (Lipinski definition) is 5. The summed E-state index contributed by atoms with van der Waals surface area (Å²) in [6, 6.07) is 17.9. The van der Waals surface area contributed by atoms with Crippen LogP contribution in [0.3, 0.4) is 0 Å². The van der Waals surface area contributed by atoms with Crippen molar-refractivity contribution in [2.75, 3.05) is 25.7 Å². The molecular formula is C22H24N4O3. The number of amides is 1. The lowest BCUT2D eigenvalue weighted by molar-refractivity contribution is 0.0834. The second-order valence-corrected chi connectivity index (χ2v) is 6.91. The van der Waals surface area contributed by atoms with Gasteiger partial charge >= 0.3 is 0 Å². The predicted octanol–water partition coefficient (Wildman–Crippen LogP) is 2.66. The normalized spacial score (nSPS) is 16.1. The van der Waals surface area contributed by atoms with E-state index in [4.69, 9.17) is 9.47 Å². The largest absolute Gasteiger partial charge is 0.497 e. The number of fused-ring (bicyclic) bond motifs is 1. The molecule has 0 bridgehead atoms. The Hall–Kier alpha value is -3.32. The molecule has 7 nitrogen and oxygen atoms in total. The minimum atomic E-state index is -0.301. The first-order valence-corrected chi connectivity index (χ1v) is 9.49. The van der Waals surface area contributed by atoms with E-state index in [2.05, 4.69) is 22.4 Å². The lowest BCUT2D eigenvalue weighted by atomic mass is 10.2. The summed E-state index contributed by atoms with van der Waals surface area (Å²) in [5.74, 6) is 1.28. The van der Waals surface area contributed by atoms with Crippen LogP contribution in [-0.2, 0) is 17.8 Å². The highest BCUT2D eigenvalue weighted by molar-refractivity contribution is 5.98. The highest BCUT2D eigenvalue weighted by Gasteiger charge is 2.32. The maximum Gasteiger partial charge on any atom is 0.271 e. The van der Waals surface area contributed by atoms with Gasteiger partial charge in [-0.05, 0) is 23.3 Å². The molecular weight excluding hydrogens is 368 g/mol. The third-order valence-corrected chi connectivity index (χ3v) is 5.07. The van der Waals surface area contributed by atoms with Crippen LogP contribution in [0.1, 0.15) is 21.6 Å². The minimum Gasteiger partial charge on any atom is -0.497 e. The fraction of sp³-hybridized carbons (Fsp3) is 0.273. The molecule has 0 saturated heterocycles. The standard InChI is InChI=1S/C22H24N4O3/c1-28-18-10-8-17(9-11-18)13-25-15-24-21-20(25)22(27)23-12-19(29-2)26(21)14-16-6-4-3-5-7-16/h3-11,15,19H,12-14H2,1-2H3,(H,23,27). The summed E-state index contributed by atoms with van der Waals surface area (Å²) in [6.45, 7) is 1.53. The number of methoxy groups -OCH3 is 2. The van der Waals surface area contributed by atoms with E-state index in [0.717, 1.165) is 16.9 Å². The third-order valence-electron chi connectivity index (χ3n) is 5.07. The number of ether oxygens (including phenoxy) is 2. The molecule has 4 rings (SSSR count). The number of benzene rings is 2. The quantitative estimate of drug-likeness (QED) is 0.699. The van der Waals surface area contributed by atoms with Crippen LogP contribution in [-0.4, -0.2) is 42.5 Å². The van der Waals surface area contributed by atoms with E-state index in [0.29, 0.717) is 31.1 Å². The zero-order valence-electron chi connectivity index (χ0n) is 16.5. The molecule has 0 radical (unpaired) electrons. The van der Waals surface area contributed by atoms with Crippen molar-refractivity contribution in [1.29, 1.82) is 0 Å². The highest BCUT2D eigenvalue weighted by Crippen LogP contribution is 2.27. The molecule has 3 aromatic rings. The van der Waals surface area contributed by atoms with Crippen molar-refractivity contribution in [1.82, 2.24) is 14.9 Å². The summed E-state index contributed by atoms with van der Waals surface area (Å²) in [5.41, 5.74) is 2.72. The molecule has 1 aliphatic heterocycles. The Morgan fingerprint density at radius 3 is 2.45 bits per heavy atom. The Kier molecular flexibility index (Phi) is 5.48. The van der Waals surface area contributed by atoms with E-state index in [1.807, 2.05) is 51.9 Å². The Labute approximate surface area is 169 Å². The van der Waals surface area contributed by atoms with Crippen molar-refractivity contribution in [3.8, 4) is 5.75 Å². The molecule has 1 amide bonds. The molecule has 1 N–H and O–H groups in total. The second-order valence-electron chi connectivity index (χ2n) is 6.91. The molecule has 2 heterocycles. The van der Waals surface area contributed by atoms with Crippen LogP contribution in [0.15, 0.2) is 60.9 Å². The second kappa shape index (κ2) is 8.36. The van der Waals surface area contributed by atoms with Crippen LogP contribution < -0.4 is 15.0 Å². The summed E-state index contributed by atoms with van der Waals surface area (Å²) in [4.78, 5) is 19.5. The van der Waals surface area contributed by atoms with Gasteiger partial charge in [-0.2, -0.15) is 0 Å².